The van der Waals surface area contributed by atoms with Gasteiger partial charge in [0.25, 0.3) is 0 Å². The zero-order valence-electron chi connectivity index (χ0n) is 13.4. The molecule has 1 fully saturated rings. The van der Waals surface area contributed by atoms with Gasteiger partial charge in [0.2, 0.25) is 10.0 Å². The van der Waals surface area contributed by atoms with Crippen molar-refractivity contribution in [2.45, 2.75) is 57.9 Å². The second-order valence-corrected chi connectivity index (χ2v) is 7.91. The molecule has 1 aromatic rings. The van der Waals surface area contributed by atoms with Crippen molar-refractivity contribution >= 4 is 15.7 Å². The maximum Gasteiger partial charge on any atom is 0.241 e. The summed E-state index contributed by atoms with van der Waals surface area (Å²) in [4.78, 5) is 0.434. The number of benzene rings is 1. The minimum Gasteiger partial charge on any atom is -0.385 e. The first-order valence-electron chi connectivity index (χ1n) is 7.71. The third-order valence-corrected chi connectivity index (χ3v) is 5.83. The molecular weight excluding hydrogens is 284 g/mol. The lowest BCUT2D eigenvalue weighted by Crippen LogP contribution is -2.43. The molecule has 118 valence electrons. The molecular formula is C16H26N2O2S. The molecule has 5 heteroatoms. The van der Waals surface area contributed by atoms with Crippen molar-refractivity contribution in [2.24, 2.45) is 5.92 Å². The minimum absolute atomic E-state index is 0.0988. The molecule has 2 rings (SSSR count). The zero-order valence-corrected chi connectivity index (χ0v) is 14.2. The van der Waals surface area contributed by atoms with Crippen LogP contribution in [-0.4, -0.2) is 21.0 Å². The van der Waals surface area contributed by atoms with E-state index in [1.165, 1.54) is 0 Å². The van der Waals surface area contributed by atoms with E-state index in [9.17, 15) is 8.42 Å². The second-order valence-electron chi connectivity index (χ2n) is 6.26. The van der Waals surface area contributed by atoms with Crippen LogP contribution < -0.4 is 10.0 Å². The molecule has 0 aromatic heterocycles. The third kappa shape index (κ3) is 3.77. The lowest BCUT2D eigenvalue weighted by Gasteiger charge is -2.33. The fourth-order valence-electron chi connectivity index (χ4n) is 3.02. The van der Waals surface area contributed by atoms with Crippen molar-refractivity contribution in [3.63, 3.8) is 0 Å². The molecule has 1 aliphatic rings. The van der Waals surface area contributed by atoms with E-state index in [1.54, 1.807) is 0 Å². The normalized spacial score (nSPS) is 21.9. The van der Waals surface area contributed by atoms with E-state index >= 15 is 0 Å². The van der Waals surface area contributed by atoms with E-state index in [0.717, 1.165) is 42.6 Å². The molecule has 0 radical (unpaired) electrons. The number of nitrogens with one attached hydrogen (secondary N) is 2. The number of sulfonamides is 1. The Morgan fingerprint density at radius 3 is 2.24 bits per heavy atom. The molecule has 0 unspecified atom stereocenters. The van der Waals surface area contributed by atoms with Crippen LogP contribution in [0.25, 0.3) is 0 Å². The maximum absolute atomic E-state index is 12.6. The molecule has 0 heterocycles. The van der Waals surface area contributed by atoms with E-state index in [2.05, 4.69) is 23.9 Å². The van der Waals surface area contributed by atoms with Crippen molar-refractivity contribution in [2.75, 3.05) is 11.9 Å². The smallest absolute Gasteiger partial charge is 0.241 e. The Morgan fingerprint density at radius 2 is 1.76 bits per heavy atom. The molecule has 0 saturated heterocycles. The highest BCUT2D eigenvalue weighted by atomic mass is 32.2. The number of hydrogen-bond acceptors (Lipinski definition) is 3. The van der Waals surface area contributed by atoms with Crippen LogP contribution in [0.2, 0.25) is 0 Å². The van der Waals surface area contributed by atoms with Crippen LogP contribution in [0.1, 0.15) is 44.2 Å². The molecule has 1 aliphatic carbocycles. The first kappa shape index (κ1) is 16.3. The van der Waals surface area contributed by atoms with Crippen LogP contribution >= 0.6 is 0 Å². The predicted octanol–water partition coefficient (Wildman–Crippen LogP) is 3.20. The summed E-state index contributed by atoms with van der Waals surface area (Å²) in [5.74, 6) is 0.625. The van der Waals surface area contributed by atoms with Gasteiger partial charge in [-0.1, -0.05) is 13.8 Å². The fraction of sp³-hybridized carbons (Fsp3) is 0.625. The standard InChI is InChI=1S/C16H26N2O2S/c1-5-6-17-14-9-12(3)16(13(4)10-14)21(19,20)18-15-7-11(2)8-15/h9-11,15,17-18H,5-8H2,1-4H3. The second kappa shape index (κ2) is 6.36. The Morgan fingerprint density at radius 1 is 1.19 bits per heavy atom. The van der Waals surface area contributed by atoms with Gasteiger partial charge in [0, 0.05) is 18.3 Å². The monoisotopic (exact) mass is 310 g/mol. The fourth-order valence-corrected chi connectivity index (χ4v) is 4.74. The Hall–Kier alpha value is -1.07. The summed E-state index contributed by atoms with van der Waals surface area (Å²) in [7, 11) is -3.42. The minimum atomic E-state index is -3.42. The van der Waals surface area contributed by atoms with Gasteiger partial charge in [-0.25, -0.2) is 13.1 Å². The summed E-state index contributed by atoms with van der Waals surface area (Å²) >= 11 is 0. The molecule has 21 heavy (non-hydrogen) atoms. The van der Waals surface area contributed by atoms with E-state index in [0.29, 0.717) is 10.8 Å². The van der Waals surface area contributed by atoms with Crippen molar-refractivity contribution in [1.82, 2.24) is 4.72 Å². The number of hydrogen-bond donors (Lipinski definition) is 2. The summed E-state index contributed by atoms with van der Waals surface area (Å²) in [6.45, 7) is 8.87. The average molecular weight is 310 g/mol. The molecule has 1 aromatic carbocycles. The number of anilines is 1. The first-order chi connectivity index (χ1) is 9.83. The molecule has 2 N–H and O–H groups in total. The largest absolute Gasteiger partial charge is 0.385 e. The SMILES string of the molecule is CCCNc1cc(C)c(S(=O)(=O)NC2CC(C)C2)c(C)c1. The van der Waals surface area contributed by atoms with Gasteiger partial charge in [-0.05, 0) is 62.3 Å². The van der Waals surface area contributed by atoms with Crippen LogP contribution in [0.15, 0.2) is 17.0 Å². The molecule has 0 spiro atoms. The van der Waals surface area contributed by atoms with Crippen LogP contribution in [-0.2, 0) is 10.0 Å². The van der Waals surface area contributed by atoms with Gasteiger partial charge in [0.1, 0.15) is 0 Å². The Balaban J connectivity index is 2.22. The summed E-state index contributed by atoms with van der Waals surface area (Å²) in [5.41, 5.74) is 2.59. The van der Waals surface area contributed by atoms with Gasteiger partial charge in [-0.3, -0.25) is 0 Å². The first-order valence-corrected chi connectivity index (χ1v) is 9.19. The quantitative estimate of drug-likeness (QED) is 0.848. The maximum atomic E-state index is 12.6. The molecule has 0 amide bonds. The highest BCUT2D eigenvalue weighted by molar-refractivity contribution is 7.89. The Labute approximate surface area is 128 Å². The zero-order chi connectivity index (χ0) is 15.6. The highest BCUT2D eigenvalue weighted by Gasteiger charge is 2.31. The van der Waals surface area contributed by atoms with E-state index < -0.39 is 10.0 Å². The molecule has 0 aliphatic heterocycles. The van der Waals surface area contributed by atoms with Crippen molar-refractivity contribution in [3.8, 4) is 0 Å². The van der Waals surface area contributed by atoms with E-state index in [-0.39, 0.29) is 6.04 Å². The average Bonchev–Trinajstić information content (AvgIpc) is 2.33. The van der Waals surface area contributed by atoms with Gasteiger partial charge >= 0.3 is 0 Å². The number of rotatable bonds is 6. The molecule has 0 atom stereocenters. The third-order valence-electron chi connectivity index (χ3n) is 4.00. The molecule has 1 saturated carbocycles. The highest BCUT2D eigenvalue weighted by Crippen LogP contribution is 2.30. The summed E-state index contributed by atoms with van der Waals surface area (Å²) < 4.78 is 28.0. The van der Waals surface area contributed by atoms with E-state index in [1.807, 2.05) is 26.0 Å². The van der Waals surface area contributed by atoms with Crippen LogP contribution in [0.3, 0.4) is 0 Å². The van der Waals surface area contributed by atoms with E-state index in [4.69, 9.17) is 0 Å². The number of aryl methyl sites for hydroxylation is 2. The predicted molar refractivity (Wildman–Crippen MR) is 87.2 cm³/mol. The summed E-state index contributed by atoms with van der Waals surface area (Å²) in [6.07, 6.45) is 2.92. The van der Waals surface area contributed by atoms with Gasteiger partial charge in [-0.2, -0.15) is 0 Å². The summed E-state index contributed by atoms with van der Waals surface area (Å²) in [6, 6.07) is 3.93. The van der Waals surface area contributed by atoms with Gasteiger partial charge in [0.15, 0.2) is 0 Å². The lowest BCUT2D eigenvalue weighted by molar-refractivity contribution is 0.270. The topological polar surface area (TPSA) is 58.2 Å². The van der Waals surface area contributed by atoms with Gasteiger partial charge in [0.05, 0.1) is 4.90 Å². The van der Waals surface area contributed by atoms with Crippen molar-refractivity contribution in [1.29, 1.82) is 0 Å². The van der Waals surface area contributed by atoms with Crippen LogP contribution in [0.4, 0.5) is 5.69 Å². The van der Waals surface area contributed by atoms with Gasteiger partial charge < -0.3 is 5.32 Å². The lowest BCUT2D eigenvalue weighted by atomic mass is 9.83. The van der Waals surface area contributed by atoms with Crippen molar-refractivity contribution in [3.05, 3.63) is 23.3 Å². The summed E-state index contributed by atoms with van der Waals surface area (Å²) in [5, 5.41) is 3.31. The molecule has 0 bridgehead atoms. The molecule has 4 nitrogen and oxygen atoms in total. The Bertz CT molecular complexity index is 582. The van der Waals surface area contributed by atoms with Gasteiger partial charge in [-0.15, -0.1) is 0 Å². The van der Waals surface area contributed by atoms with Crippen LogP contribution in [0.5, 0.6) is 0 Å². The Kier molecular flexibility index (Phi) is 4.94. The van der Waals surface area contributed by atoms with Crippen molar-refractivity contribution < 1.29 is 8.42 Å². The van der Waals surface area contributed by atoms with Crippen LogP contribution in [0, 0.1) is 19.8 Å².